The number of benzene rings is 2. The monoisotopic (exact) mass is 318 g/mol. The summed E-state index contributed by atoms with van der Waals surface area (Å²) in [5.41, 5.74) is 4.54. The molecule has 0 fully saturated rings. The van der Waals surface area contributed by atoms with Crippen molar-refractivity contribution in [2.45, 2.75) is 33.2 Å². The first-order valence-electron chi connectivity index (χ1n) is 8.36. The minimum atomic E-state index is -0.0446. The molecule has 24 heavy (non-hydrogen) atoms. The molecule has 0 bridgehead atoms. The molecule has 0 radical (unpaired) electrons. The number of nitrogens with one attached hydrogen (secondary N) is 1. The molecular formula is C21H22N2O. The Labute approximate surface area is 142 Å². The number of amides is 1. The topological polar surface area (TPSA) is 42.0 Å². The van der Waals surface area contributed by atoms with Crippen molar-refractivity contribution in [1.82, 2.24) is 10.3 Å². The van der Waals surface area contributed by atoms with Gasteiger partial charge in [0.1, 0.15) is 0 Å². The molecule has 0 aliphatic heterocycles. The number of aryl methyl sites for hydroxylation is 1. The molecule has 0 saturated heterocycles. The molecule has 0 spiro atoms. The largest absolute Gasteiger partial charge is 0.350 e. The number of rotatable bonds is 4. The van der Waals surface area contributed by atoms with Gasteiger partial charge < -0.3 is 5.32 Å². The molecule has 1 amide bonds. The van der Waals surface area contributed by atoms with Gasteiger partial charge in [0.2, 0.25) is 0 Å². The van der Waals surface area contributed by atoms with Crippen LogP contribution in [0.25, 0.3) is 22.2 Å². The van der Waals surface area contributed by atoms with Crippen LogP contribution >= 0.6 is 0 Å². The molecule has 0 saturated carbocycles. The number of para-hydroxylation sites is 1. The second kappa shape index (κ2) is 6.83. The zero-order valence-corrected chi connectivity index (χ0v) is 14.3. The molecule has 0 aliphatic carbocycles. The highest BCUT2D eigenvalue weighted by Crippen LogP contribution is 2.25. The van der Waals surface area contributed by atoms with Gasteiger partial charge in [0.25, 0.3) is 5.91 Å². The molecular weight excluding hydrogens is 296 g/mol. The summed E-state index contributed by atoms with van der Waals surface area (Å²) in [4.78, 5) is 17.5. The minimum Gasteiger partial charge on any atom is -0.350 e. The van der Waals surface area contributed by atoms with Crippen molar-refractivity contribution in [3.63, 3.8) is 0 Å². The average molecular weight is 318 g/mol. The van der Waals surface area contributed by atoms with Crippen molar-refractivity contribution >= 4 is 16.8 Å². The molecule has 0 aliphatic rings. The first kappa shape index (κ1) is 16.2. The van der Waals surface area contributed by atoms with Gasteiger partial charge in [-0.2, -0.15) is 0 Å². The maximum absolute atomic E-state index is 12.7. The highest BCUT2D eigenvalue weighted by atomic mass is 16.1. The summed E-state index contributed by atoms with van der Waals surface area (Å²) in [6, 6.07) is 18.0. The Hall–Kier alpha value is -2.68. The Morgan fingerprint density at radius 1 is 1.12 bits per heavy atom. The second-order valence-corrected chi connectivity index (χ2v) is 6.22. The number of carbonyl (C=O) groups is 1. The molecule has 1 heterocycles. The Morgan fingerprint density at radius 2 is 1.92 bits per heavy atom. The van der Waals surface area contributed by atoms with E-state index in [1.165, 1.54) is 5.56 Å². The van der Waals surface area contributed by atoms with Crippen LogP contribution in [0.3, 0.4) is 0 Å². The molecule has 122 valence electrons. The summed E-state index contributed by atoms with van der Waals surface area (Å²) in [6.07, 6.45) is 0.902. The molecule has 3 nitrogen and oxygen atoms in total. The van der Waals surface area contributed by atoms with Crippen LogP contribution in [0, 0.1) is 6.92 Å². The maximum atomic E-state index is 12.7. The van der Waals surface area contributed by atoms with Crippen LogP contribution in [0.1, 0.15) is 36.2 Å². The Balaban J connectivity index is 2.14. The lowest BCUT2D eigenvalue weighted by molar-refractivity contribution is 0.0941. The molecule has 1 aromatic heterocycles. The third-order valence-corrected chi connectivity index (χ3v) is 4.26. The number of fused-ring (bicyclic) bond motifs is 1. The van der Waals surface area contributed by atoms with E-state index in [4.69, 9.17) is 4.98 Å². The predicted octanol–water partition coefficient (Wildman–Crippen LogP) is 4.74. The fourth-order valence-electron chi connectivity index (χ4n) is 2.72. The van der Waals surface area contributed by atoms with E-state index < -0.39 is 0 Å². The van der Waals surface area contributed by atoms with Gasteiger partial charge in [0, 0.05) is 17.0 Å². The minimum absolute atomic E-state index is 0.0446. The van der Waals surface area contributed by atoms with Crippen molar-refractivity contribution in [3.8, 4) is 11.3 Å². The summed E-state index contributed by atoms with van der Waals surface area (Å²) in [7, 11) is 0. The number of carbonyl (C=O) groups excluding carboxylic acids is 1. The number of aromatic nitrogens is 1. The van der Waals surface area contributed by atoms with Crippen LogP contribution < -0.4 is 5.32 Å². The van der Waals surface area contributed by atoms with Crippen molar-refractivity contribution in [3.05, 3.63) is 65.7 Å². The molecule has 1 N–H and O–H groups in total. The number of hydrogen-bond donors (Lipinski definition) is 1. The lowest BCUT2D eigenvalue weighted by Crippen LogP contribution is -2.32. The van der Waals surface area contributed by atoms with Crippen LogP contribution in [0.4, 0.5) is 0 Å². The van der Waals surface area contributed by atoms with Gasteiger partial charge in [-0.1, -0.05) is 48.9 Å². The molecule has 3 rings (SSSR count). The quantitative estimate of drug-likeness (QED) is 0.755. The van der Waals surface area contributed by atoms with Crippen molar-refractivity contribution < 1.29 is 4.79 Å². The van der Waals surface area contributed by atoms with Crippen molar-refractivity contribution in [1.29, 1.82) is 0 Å². The fraction of sp³-hybridized carbons (Fsp3) is 0.238. The SMILES string of the molecule is CCC(C)NC(=O)c1cc(-c2cccc(C)c2)nc2ccccc12. The van der Waals surface area contributed by atoms with Gasteiger partial charge in [-0.3, -0.25) is 4.79 Å². The standard InChI is InChI=1S/C21H22N2O/c1-4-15(3)22-21(24)18-13-20(16-9-7-8-14(2)12-16)23-19-11-6-5-10-17(18)19/h5-13,15H,4H2,1-3H3,(H,22,24). The normalized spacial score (nSPS) is 12.1. The smallest absolute Gasteiger partial charge is 0.252 e. The first-order valence-corrected chi connectivity index (χ1v) is 8.36. The van der Waals surface area contributed by atoms with Crippen LogP contribution in [0.5, 0.6) is 0 Å². The van der Waals surface area contributed by atoms with Crippen molar-refractivity contribution in [2.24, 2.45) is 0 Å². The molecule has 2 aromatic carbocycles. The van der Waals surface area contributed by atoms with E-state index in [9.17, 15) is 4.79 Å². The maximum Gasteiger partial charge on any atom is 0.252 e. The molecule has 3 aromatic rings. The second-order valence-electron chi connectivity index (χ2n) is 6.22. The van der Waals surface area contributed by atoms with E-state index in [1.807, 2.05) is 49.4 Å². The Kier molecular flexibility index (Phi) is 4.61. The highest BCUT2D eigenvalue weighted by Gasteiger charge is 2.15. The van der Waals surface area contributed by atoms with E-state index in [0.717, 1.165) is 28.6 Å². The van der Waals surface area contributed by atoms with Crippen LogP contribution in [0.2, 0.25) is 0 Å². The lowest BCUT2D eigenvalue weighted by atomic mass is 10.0. The molecule has 3 heteroatoms. The van der Waals surface area contributed by atoms with Gasteiger partial charge in [-0.05, 0) is 38.5 Å². The van der Waals surface area contributed by atoms with Crippen molar-refractivity contribution in [2.75, 3.05) is 0 Å². The third kappa shape index (κ3) is 3.30. The average Bonchev–Trinajstić information content (AvgIpc) is 2.60. The summed E-state index contributed by atoms with van der Waals surface area (Å²) in [5.74, 6) is -0.0446. The summed E-state index contributed by atoms with van der Waals surface area (Å²) in [6.45, 7) is 6.14. The van der Waals surface area contributed by atoms with Gasteiger partial charge in [-0.15, -0.1) is 0 Å². The highest BCUT2D eigenvalue weighted by molar-refractivity contribution is 6.07. The van der Waals surface area contributed by atoms with Crippen LogP contribution in [-0.4, -0.2) is 16.9 Å². The first-order chi connectivity index (χ1) is 11.6. The van der Waals surface area contributed by atoms with E-state index in [-0.39, 0.29) is 11.9 Å². The molecule has 1 unspecified atom stereocenters. The van der Waals surface area contributed by atoms with E-state index in [1.54, 1.807) is 0 Å². The van der Waals surface area contributed by atoms with E-state index in [0.29, 0.717) is 5.56 Å². The Bertz CT molecular complexity index is 886. The zero-order valence-electron chi connectivity index (χ0n) is 14.3. The predicted molar refractivity (Wildman–Crippen MR) is 99.1 cm³/mol. The van der Waals surface area contributed by atoms with Gasteiger partial charge in [-0.25, -0.2) is 4.98 Å². The Morgan fingerprint density at radius 3 is 2.67 bits per heavy atom. The zero-order chi connectivity index (χ0) is 17.1. The third-order valence-electron chi connectivity index (χ3n) is 4.26. The summed E-state index contributed by atoms with van der Waals surface area (Å²) < 4.78 is 0. The number of nitrogens with zero attached hydrogens (tertiary/aromatic N) is 1. The number of hydrogen-bond acceptors (Lipinski definition) is 2. The van der Waals surface area contributed by atoms with Gasteiger partial charge in [0.05, 0.1) is 16.8 Å². The number of pyridine rings is 1. The summed E-state index contributed by atoms with van der Waals surface area (Å²) in [5, 5.41) is 3.95. The van der Waals surface area contributed by atoms with E-state index in [2.05, 4.69) is 31.3 Å². The fourth-order valence-corrected chi connectivity index (χ4v) is 2.72. The molecule has 1 atom stereocenters. The lowest BCUT2D eigenvalue weighted by Gasteiger charge is -2.14. The van der Waals surface area contributed by atoms with Gasteiger partial charge in [0.15, 0.2) is 0 Å². The van der Waals surface area contributed by atoms with Crippen LogP contribution in [0.15, 0.2) is 54.6 Å². The van der Waals surface area contributed by atoms with E-state index >= 15 is 0 Å². The summed E-state index contributed by atoms with van der Waals surface area (Å²) >= 11 is 0. The van der Waals surface area contributed by atoms with Gasteiger partial charge >= 0.3 is 0 Å². The van der Waals surface area contributed by atoms with Crippen LogP contribution in [-0.2, 0) is 0 Å².